The van der Waals surface area contributed by atoms with Gasteiger partial charge in [-0.1, -0.05) is 12.1 Å². The summed E-state index contributed by atoms with van der Waals surface area (Å²) in [6.45, 7) is 5.25. The van der Waals surface area contributed by atoms with Gasteiger partial charge in [-0.2, -0.15) is 0 Å². The molecule has 0 saturated carbocycles. The third kappa shape index (κ3) is 4.43. The Morgan fingerprint density at radius 1 is 1.24 bits per heavy atom. The van der Waals surface area contributed by atoms with Crippen molar-refractivity contribution in [3.8, 4) is 5.75 Å². The Morgan fingerprint density at radius 2 is 1.97 bits per heavy atom. The molecule has 10 heteroatoms. The number of nitrogens with one attached hydrogen (secondary N) is 2. The van der Waals surface area contributed by atoms with Crippen molar-refractivity contribution in [2.75, 3.05) is 29.8 Å². The molecule has 1 fully saturated rings. The molecular formula is C19H24N4O5S. The van der Waals surface area contributed by atoms with Crippen molar-refractivity contribution in [2.24, 2.45) is 0 Å². The van der Waals surface area contributed by atoms with E-state index in [1.807, 2.05) is 18.7 Å². The number of sulfonamides is 1. The molecule has 2 aromatic carbocycles. The zero-order chi connectivity index (χ0) is 21.2. The van der Waals surface area contributed by atoms with Crippen LogP contribution >= 0.6 is 0 Å². The number of hydrogen-bond acceptors (Lipinski definition) is 7. The Morgan fingerprint density at radius 3 is 2.66 bits per heavy atom. The van der Waals surface area contributed by atoms with Crippen LogP contribution in [0, 0.1) is 10.1 Å². The van der Waals surface area contributed by atoms with Gasteiger partial charge in [0.25, 0.3) is 15.7 Å². The van der Waals surface area contributed by atoms with Crippen molar-refractivity contribution >= 4 is 27.1 Å². The number of nitro benzene ring substituents is 1. The molecule has 0 aliphatic carbocycles. The number of benzene rings is 2. The van der Waals surface area contributed by atoms with Gasteiger partial charge < -0.3 is 15.0 Å². The zero-order valence-corrected chi connectivity index (χ0v) is 17.3. The molecule has 0 radical (unpaired) electrons. The average molecular weight is 420 g/mol. The molecule has 29 heavy (non-hydrogen) atoms. The Balaban J connectivity index is 1.98. The molecule has 1 aliphatic heterocycles. The number of ether oxygens (including phenoxy) is 1. The topological polar surface area (TPSA) is 114 Å². The van der Waals surface area contributed by atoms with E-state index < -0.39 is 14.9 Å². The smallest absolute Gasteiger partial charge is 0.293 e. The fourth-order valence-electron chi connectivity index (χ4n) is 3.35. The lowest BCUT2D eigenvalue weighted by Gasteiger charge is -2.38. The Bertz CT molecular complexity index is 1010. The van der Waals surface area contributed by atoms with Gasteiger partial charge in [-0.05, 0) is 38.1 Å². The maximum atomic E-state index is 12.8. The van der Waals surface area contributed by atoms with Gasteiger partial charge in [0.05, 0.1) is 22.6 Å². The van der Waals surface area contributed by atoms with E-state index in [2.05, 4.69) is 10.0 Å². The van der Waals surface area contributed by atoms with Gasteiger partial charge in [0.2, 0.25) is 0 Å². The summed E-state index contributed by atoms with van der Waals surface area (Å²) in [4.78, 5) is 12.9. The summed E-state index contributed by atoms with van der Waals surface area (Å²) >= 11 is 0. The molecule has 1 heterocycles. The van der Waals surface area contributed by atoms with Crippen LogP contribution in [0.5, 0.6) is 5.75 Å². The summed E-state index contributed by atoms with van der Waals surface area (Å²) in [5.41, 5.74) is 0.423. The minimum atomic E-state index is -4.04. The van der Waals surface area contributed by atoms with Crippen LogP contribution in [0.2, 0.25) is 0 Å². The fraction of sp³-hybridized carbons (Fsp3) is 0.368. The molecule has 2 unspecified atom stereocenters. The lowest BCUT2D eigenvalue weighted by molar-refractivity contribution is -0.384. The predicted octanol–water partition coefficient (Wildman–Crippen LogP) is 2.59. The van der Waals surface area contributed by atoms with Gasteiger partial charge in [-0.3, -0.25) is 14.8 Å². The highest BCUT2D eigenvalue weighted by atomic mass is 32.2. The first-order valence-corrected chi connectivity index (χ1v) is 10.7. The molecule has 156 valence electrons. The number of hydrogen-bond donors (Lipinski definition) is 2. The highest BCUT2D eigenvalue weighted by Crippen LogP contribution is 2.34. The molecular weight excluding hydrogens is 396 g/mol. The van der Waals surface area contributed by atoms with Crippen molar-refractivity contribution in [1.82, 2.24) is 5.32 Å². The number of anilines is 2. The fourth-order valence-corrected chi connectivity index (χ4v) is 4.44. The summed E-state index contributed by atoms with van der Waals surface area (Å²) in [7, 11) is -2.61. The van der Waals surface area contributed by atoms with Crippen molar-refractivity contribution in [1.29, 1.82) is 0 Å². The van der Waals surface area contributed by atoms with Crippen LogP contribution in [0.15, 0.2) is 47.4 Å². The molecule has 0 bridgehead atoms. The van der Waals surface area contributed by atoms with Crippen LogP contribution < -0.4 is 19.7 Å². The third-order valence-electron chi connectivity index (χ3n) is 4.88. The number of para-hydroxylation sites is 2. The largest absolute Gasteiger partial charge is 0.495 e. The highest BCUT2D eigenvalue weighted by molar-refractivity contribution is 7.92. The second-order valence-electron chi connectivity index (χ2n) is 7.02. The van der Waals surface area contributed by atoms with Gasteiger partial charge in [0, 0.05) is 31.2 Å². The van der Waals surface area contributed by atoms with Crippen molar-refractivity contribution in [3.63, 3.8) is 0 Å². The van der Waals surface area contributed by atoms with Crippen molar-refractivity contribution in [2.45, 2.75) is 30.8 Å². The van der Waals surface area contributed by atoms with E-state index in [1.165, 1.54) is 19.2 Å². The predicted molar refractivity (Wildman–Crippen MR) is 111 cm³/mol. The van der Waals surface area contributed by atoms with Gasteiger partial charge in [-0.15, -0.1) is 0 Å². The van der Waals surface area contributed by atoms with E-state index in [-0.39, 0.29) is 28.4 Å². The van der Waals surface area contributed by atoms with E-state index in [1.54, 1.807) is 24.3 Å². The first-order valence-electron chi connectivity index (χ1n) is 9.17. The normalized spacial score (nSPS) is 19.6. The average Bonchev–Trinajstić information content (AvgIpc) is 2.69. The van der Waals surface area contributed by atoms with Gasteiger partial charge in [-0.25, -0.2) is 8.42 Å². The number of nitrogens with zero attached hydrogens (tertiary/aromatic N) is 2. The first-order chi connectivity index (χ1) is 13.7. The molecule has 2 atom stereocenters. The molecule has 3 rings (SSSR count). The third-order valence-corrected chi connectivity index (χ3v) is 6.24. The Kier molecular flexibility index (Phi) is 5.94. The standard InChI is InChI=1S/C19H24N4O5S/c1-13-12-22(14(2)11-20-13)17-9-8-15(10-18(17)23(24)25)29(26,27)21-16-6-4-5-7-19(16)28-3/h4-10,13-14,20-21H,11-12H2,1-3H3. The molecule has 0 spiro atoms. The molecule has 1 aliphatic rings. The second-order valence-corrected chi connectivity index (χ2v) is 8.71. The number of nitro groups is 1. The van der Waals surface area contributed by atoms with E-state index in [4.69, 9.17) is 4.74 Å². The van der Waals surface area contributed by atoms with Crippen LogP contribution in [-0.4, -0.2) is 45.6 Å². The van der Waals surface area contributed by atoms with E-state index in [0.29, 0.717) is 24.5 Å². The van der Waals surface area contributed by atoms with Gasteiger partial charge in [0.1, 0.15) is 11.4 Å². The monoisotopic (exact) mass is 420 g/mol. The molecule has 0 amide bonds. The van der Waals surface area contributed by atoms with Crippen LogP contribution in [-0.2, 0) is 10.0 Å². The summed E-state index contributed by atoms with van der Waals surface area (Å²) in [6, 6.07) is 10.8. The maximum Gasteiger partial charge on any atom is 0.293 e. The van der Waals surface area contributed by atoms with Crippen molar-refractivity contribution in [3.05, 3.63) is 52.6 Å². The highest BCUT2D eigenvalue weighted by Gasteiger charge is 2.30. The number of piperazine rings is 1. The lowest BCUT2D eigenvalue weighted by Crippen LogP contribution is -2.54. The van der Waals surface area contributed by atoms with Crippen molar-refractivity contribution < 1.29 is 18.1 Å². The van der Waals surface area contributed by atoms with Gasteiger partial charge in [0.15, 0.2) is 0 Å². The summed E-state index contributed by atoms with van der Waals surface area (Å²) in [6.07, 6.45) is 0. The van der Waals surface area contributed by atoms with Crippen LogP contribution in [0.1, 0.15) is 13.8 Å². The number of rotatable bonds is 6. The Labute approximate surface area is 169 Å². The van der Waals surface area contributed by atoms with Crippen LogP contribution in [0.25, 0.3) is 0 Å². The van der Waals surface area contributed by atoms with E-state index in [0.717, 1.165) is 6.07 Å². The molecule has 9 nitrogen and oxygen atoms in total. The SMILES string of the molecule is COc1ccccc1NS(=O)(=O)c1ccc(N2CC(C)NCC2C)c([N+](=O)[O-])c1. The summed E-state index contributed by atoms with van der Waals surface area (Å²) in [5.74, 6) is 0.353. The molecule has 1 saturated heterocycles. The zero-order valence-electron chi connectivity index (χ0n) is 16.5. The minimum Gasteiger partial charge on any atom is -0.495 e. The van der Waals surface area contributed by atoms with E-state index in [9.17, 15) is 18.5 Å². The molecule has 0 aromatic heterocycles. The summed E-state index contributed by atoms with van der Waals surface area (Å²) in [5, 5.41) is 15.0. The number of methoxy groups -OCH3 is 1. The molecule has 2 N–H and O–H groups in total. The van der Waals surface area contributed by atoms with Crippen LogP contribution in [0.3, 0.4) is 0 Å². The quantitative estimate of drug-likeness (QED) is 0.545. The van der Waals surface area contributed by atoms with Crippen LogP contribution in [0.4, 0.5) is 17.1 Å². The lowest BCUT2D eigenvalue weighted by atomic mass is 10.1. The van der Waals surface area contributed by atoms with E-state index >= 15 is 0 Å². The second kappa shape index (κ2) is 8.26. The Hall–Kier alpha value is -2.85. The maximum absolute atomic E-state index is 12.8. The molecule has 2 aromatic rings. The van der Waals surface area contributed by atoms with Gasteiger partial charge >= 0.3 is 0 Å². The summed E-state index contributed by atoms with van der Waals surface area (Å²) < 4.78 is 33.3. The minimum absolute atomic E-state index is 0.0408. The first kappa shape index (κ1) is 20.9.